The van der Waals surface area contributed by atoms with Crippen molar-refractivity contribution in [2.24, 2.45) is 5.92 Å². The maximum atomic E-state index is 5.14. The fourth-order valence-electron chi connectivity index (χ4n) is 2.72. The standard InChI is InChI=1S/C14H25N3O/c1-3-7-17(10-13-5-4-6-15-9-13)11-14-8-12(2)18-16-14/h8,13,15H,3-7,9-11H2,1-2H3. The summed E-state index contributed by atoms with van der Waals surface area (Å²) in [7, 11) is 0. The Bertz CT molecular complexity index is 345. The van der Waals surface area contributed by atoms with Gasteiger partial charge in [0.05, 0.1) is 5.69 Å². The highest BCUT2D eigenvalue weighted by Gasteiger charge is 2.17. The highest BCUT2D eigenvalue weighted by Crippen LogP contribution is 2.14. The van der Waals surface area contributed by atoms with Gasteiger partial charge in [0, 0.05) is 19.2 Å². The number of nitrogens with one attached hydrogen (secondary N) is 1. The van der Waals surface area contributed by atoms with Crippen LogP contribution in [-0.2, 0) is 6.54 Å². The lowest BCUT2D eigenvalue weighted by Gasteiger charge is -2.29. The Labute approximate surface area is 110 Å². The first kappa shape index (κ1) is 13.6. The Kier molecular flexibility index (Phi) is 5.20. The van der Waals surface area contributed by atoms with E-state index in [1.165, 1.54) is 32.4 Å². The minimum atomic E-state index is 0.790. The Morgan fingerprint density at radius 3 is 3.06 bits per heavy atom. The number of aryl methyl sites for hydroxylation is 1. The molecule has 1 aliphatic heterocycles. The summed E-state index contributed by atoms with van der Waals surface area (Å²) in [5, 5.41) is 7.59. The molecular weight excluding hydrogens is 226 g/mol. The minimum absolute atomic E-state index is 0.790. The molecule has 4 heteroatoms. The van der Waals surface area contributed by atoms with E-state index in [-0.39, 0.29) is 0 Å². The van der Waals surface area contributed by atoms with Crippen molar-refractivity contribution in [1.29, 1.82) is 0 Å². The van der Waals surface area contributed by atoms with E-state index in [4.69, 9.17) is 4.52 Å². The molecule has 2 heterocycles. The summed E-state index contributed by atoms with van der Waals surface area (Å²) >= 11 is 0. The molecule has 102 valence electrons. The van der Waals surface area contributed by atoms with Crippen LogP contribution in [0.15, 0.2) is 10.6 Å². The molecule has 0 radical (unpaired) electrons. The zero-order valence-electron chi connectivity index (χ0n) is 11.6. The van der Waals surface area contributed by atoms with E-state index >= 15 is 0 Å². The van der Waals surface area contributed by atoms with Gasteiger partial charge in [0.15, 0.2) is 0 Å². The molecule has 2 rings (SSSR count). The van der Waals surface area contributed by atoms with Gasteiger partial charge in [0.25, 0.3) is 0 Å². The largest absolute Gasteiger partial charge is 0.361 e. The van der Waals surface area contributed by atoms with E-state index in [2.05, 4.69) is 22.3 Å². The summed E-state index contributed by atoms with van der Waals surface area (Å²) in [6, 6.07) is 2.04. The molecule has 1 aliphatic rings. The molecule has 1 unspecified atom stereocenters. The van der Waals surface area contributed by atoms with Gasteiger partial charge in [-0.15, -0.1) is 0 Å². The molecule has 0 saturated carbocycles. The van der Waals surface area contributed by atoms with Crippen molar-refractivity contribution < 1.29 is 4.52 Å². The molecule has 1 aromatic heterocycles. The predicted octanol–water partition coefficient (Wildman–Crippen LogP) is 2.19. The van der Waals surface area contributed by atoms with E-state index in [0.717, 1.165) is 37.0 Å². The minimum Gasteiger partial charge on any atom is -0.361 e. The zero-order chi connectivity index (χ0) is 12.8. The number of hydrogen-bond acceptors (Lipinski definition) is 4. The monoisotopic (exact) mass is 251 g/mol. The fourth-order valence-corrected chi connectivity index (χ4v) is 2.72. The van der Waals surface area contributed by atoms with Gasteiger partial charge < -0.3 is 9.84 Å². The molecule has 0 amide bonds. The van der Waals surface area contributed by atoms with Crippen molar-refractivity contribution in [1.82, 2.24) is 15.4 Å². The molecule has 1 atom stereocenters. The third-order valence-electron chi connectivity index (χ3n) is 3.52. The lowest BCUT2D eigenvalue weighted by molar-refractivity contribution is 0.197. The SMILES string of the molecule is CCCN(Cc1cc(C)on1)CC1CCCNC1. The first-order valence-corrected chi connectivity index (χ1v) is 7.13. The van der Waals surface area contributed by atoms with Crippen LogP contribution in [0.2, 0.25) is 0 Å². The molecule has 0 aromatic carbocycles. The van der Waals surface area contributed by atoms with Crippen LogP contribution in [0.3, 0.4) is 0 Å². The Balaban J connectivity index is 1.86. The summed E-state index contributed by atoms with van der Waals surface area (Å²) in [6.07, 6.45) is 3.86. The quantitative estimate of drug-likeness (QED) is 0.841. The van der Waals surface area contributed by atoms with Crippen molar-refractivity contribution in [3.63, 3.8) is 0 Å². The molecular formula is C14H25N3O. The van der Waals surface area contributed by atoms with Gasteiger partial charge in [0.2, 0.25) is 0 Å². The normalized spacial score (nSPS) is 20.5. The second kappa shape index (κ2) is 6.90. The predicted molar refractivity (Wildman–Crippen MR) is 72.4 cm³/mol. The van der Waals surface area contributed by atoms with Crippen molar-refractivity contribution >= 4 is 0 Å². The Morgan fingerprint density at radius 1 is 1.56 bits per heavy atom. The van der Waals surface area contributed by atoms with Gasteiger partial charge in [-0.25, -0.2) is 0 Å². The molecule has 1 aromatic rings. The number of aromatic nitrogens is 1. The van der Waals surface area contributed by atoms with E-state index in [0.29, 0.717) is 0 Å². The third kappa shape index (κ3) is 4.10. The number of hydrogen-bond donors (Lipinski definition) is 1. The molecule has 1 N–H and O–H groups in total. The molecule has 0 bridgehead atoms. The van der Waals surface area contributed by atoms with Crippen LogP contribution < -0.4 is 5.32 Å². The van der Waals surface area contributed by atoms with Crippen molar-refractivity contribution in [2.45, 2.75) is 39.7 Å². The molecule has 4 nitrogen and oxygen atoms in total. The van der Waals surface area contributed by atoms with Gasteiger partial charge in [0.1, 0.15) is 5.76 Å². The highest BCUT2D eigenvalue weighted by molar-refractivity contribution is 5.03. The van der Waals surface area contributed by atoms with Crippen LogP contribution in [0, 0.1) is 12.8 Å². The number of rotatable bonds is 6. The van der Waals surface area contributed by atoms with Crippen LogP contribution in [0.1, 0.15) is 37.6 Å². The van der Waals surface area contributed by atoms with E-state index < -0.39 is 0 Å². The molecule has 18 heavy (non-hydrogen) atoms. The topological polar surface area (TPSA) is 41.3 Å². The third-order valence-corrected chi connectivity index (χ3v) is 3.52. The van der Waals surface area contributed by atoms with Gasteiger partial charge in [-0.05, 0) is 51.7 Å². The van der Waals surface area contributed by atoms with Gasteiger partial charge in [-0.2, -0.15) is 0 Å². The Hall–Kier alpha value is -0.870. The lowest BCUT2D eigenvalue weighted by atomic mass is 9.99. The zero-order valence-corrected chi connectivity index (χ0v) is 11.6. The van der Waals surface area contributed by atoms with Crippen LogP contribution >= 0.6 is 0 Å². The molecule has 0 spiro atoms. The van der Waals surface area contributed by atoms with Gasteiger partial charge in [-0.1, -0.05) is 12.1 Å². The van der Waals surface area contributed by atoms with Crippen LogP contribution in [0.5, 0.6) is 0 Å². The molecule has 1 saturated heterocycles. The van der Waals surface area contributed by atoms with E-state index in [1.54, 1.807) is 0 Å². The maximum absolute atomic E-state index is 5.14. The molecule has 1 fully saturated rings. The van der Waals surface area contributed by atoms with Gasteiger partial charge >= 0.3 is 0 Å². The second-order valence-electron chi connectivity index (χ2n) is 5.38. The average molecular weight is 251 g/mol. The van der Waals surface area contributed by atoms with Crippen molar-refractivity contribution in [3.05, 3.63) is 17.5 Å². The van der Waals surface area contributed by atoms with E-state index in [1.807, 2.05) is 13.0 Å². The lowest BCUT2D eigenvalue weighted by Crippen LogP contribution is -2.38. The first-order valence-electron chi connectivity index (χ1n) is 7.13. The summed E-state index contributed by atoms with van der Waals surface area (Å²) in [4.78, 5) is 2.51. The van der Waals surface area contributed by atoms with Crippen molar-refractivity contribution in [3.8, 4) is 0 Å². The molecule has 0 aliphatic carbocycles. The fraction of sp³-hybridized carbons (Fsp3) is 0.786. The maximum Gasteiger partial charge on any atom is 0.133 e. The van der Waals surface area contributed by atoms with Gasteiger partial charge in [-0.3, -0.25) is 4.90 Å². The second-order valence-corrected chi connectivity index (χ2v) is 5.38. The first-order chi connectivity index (χ1) is 8.78. The average Bonchev–Trinajstić information content (AvgIpc) is 2.76. The summed E-state index contributed by atoms with van der Waals surface area (Å²) in [6.45, 7) is 9.77. The summed E-state index contributed by atoms with van der Waals surface area (Å²) < 4.78 is 5.14. The smallest absolute Gasteiger partial charge is 0.133 e. The van der Waals surface area contributed by atoms with Crippen LogP contribution in [0.4, 0.5) is 0 Å². The highest BCUT2D eigenvalue weighted by atomic mass is 16.5. The number of nitrogens with zero attached hydrogens (tertiary/aromatic N) is 2. The van der Waals surface area contributed by atoms with Crippen molar-refractivity contribution in [2.75, 3.05) is 26.2 Å². The van der Waals surface area contributed by atoms with E-state index in [9.17, 15) is 0 Å². The Morgan fingerprint density at radius 2 is 2.44 bits per heavy atom. The summed E-state index contributed by atoms with van der Waals surface area (Å²) in [5.74, 6) is 1.69. The van der Waals surface area contributed by atoms with Crippen LogP contribution in [-0.4, -0.2) is 36.2 Å². The summed E-state index contributed by atoms with van der Waals surface area (Å²) in [5.41, 5.74) is 1.06. The van der Waals surface area contributed by atoms with Crippen LogP contribution in [0.25, 0.3) is 0 Å². The number of piperidine rings is 1.